The summed E-state index contributed by atoms with van der Waals surface area (Å²) in [5, 5.41) is 0. The first kappa shape index (κ1) is 9.08. The Hall–Kier alpha value is -1.18. The minimum Gasteiger partial charge on any atom is -0.292 e. The molecule has 1 spiro atoms. The van der Waals surface area contributed by atoms with Crippen LogP contribution >= 0.6 is 0 Å². The molecule has 0 unspecified atom stereocenters. The fourth-order valence-corrected chi connectivity index (χ4v) is 3.11. The van der Waals surface area contributed by atoms with Gasteiger partial charge < -0.3 is 0 Å². The van der Waals surface area contributed by atoms with Crippen LogP contribution in [0.5, 0.6) is 0 Å². The van der Waals surface area contributed by atoms with E-state index < -0.39 is 0 Å². The summed E-state index contributed by atoms with van der Waals surface area (Å²) in [5.74, 6) is 0.317. The molecule has 0 saturated heterocycles. The molecule has 0 atom stereocenters. The van der Waals surface area contributed by atoms with E-state index in [2.05, 4.69) is 11.1 Å². The topological polar surface area (TPSA) is 30.0 Å². The van der Waals surface area contributed by atoms with Gasteiger partial charge in [-0.15, -0.1) is 0 Å². The van der Waals surface area contributed by atoms with Crippen molar-refractivity contribution >= 4 is 5.78 Å². The number of nitrogens with zero attached hydrogens (tertiary/aromatic N) is 1. The van der Waals surface area contributed by atoms with Gasteiger partial charge in [-0.1, -0.05) is 25.3 Å². The summed E-state index contributed by atoms with van der Waals surface area (Å²) in [6.45, 7) is 0. The van der Waals surface area contributed by atoms with Gasteiger partial charge in [0.2, 0.25) is 0 Å². The van der Waals surface area contributed by atoms with E-state index in [0.717, 1.165) is 25.0 Å². The summed E-state index contributed by atoms with van der Waals surface area (Å²) in [6.07, 6.45) is 8.52. The lowest BCUT2D eigenvalue weighted by atomic mass is 9.71. The third-order valence-electron chi connectivity index (χ3n) is 3.93. The van der Waals surface area contributed by atoms with Gasteiger partial charge in [0.25, 0.3) is 0 Å². The van der Waals surface area contributed by atoms with Crippen LogP contribution in [-0.4, -0.2) is 10.8 Å². The molecule has 1 heterocycles. The molecule has 1 fully saturated rings. The van der Waals surface area contributed by atoms with Gasteiger partial charge >= 0.3 is 0 Å². The van der Waals surface area contributed by atoms with Gasteiger partial charge in [-0.25, -0.2) is 0 Å². The van der Waals surface area contributed by atoms with Crippen LogP contribution in [0.3, 0.4) is 0 Å². The standard InChI is InChI=1S/C13H15NO/c15-12-11-10(5-4-8-14-11)9-13(12)6-2-1-3-7-13/h4-5,8H,1-3,6-7,9H2. The lowest BCUT2D eigenvalue weighted by molar-refractivity contribution is 0.0744. The van der Waals surface area contributed by atoms with Crippen LogP contribution in [0, 0.1) is 5.41 Å². The number of aromatic nitrogens is 1. The minimum absolute atomic E-state index is 0.0606. The maximum Gasteiger partial charge on any atom is 0.187 e. The number of carbonyl (C=O) groups is 1. The highest BCUT2D eigenvalue weighted by atomic mass is 16.1. The number of rotatable bonds is 0. The second-order valence-corrected chi connectivity index (χ2v) is 4.86. The van der Waals surface area contributed by atoms with Crippen LogP contribution in [-0.2, 0) is 6.42 Å². The minimum atomic E-state index is -0.0606. The monoisotopic (exact) mass is 201 g/mol. The zero-order valence-corrected chi connectivity index (χ0v) is 8.83. The number of hydrogen-bond acceptors (Lipinski definition) is 2. The second kappa shape index (κ2) is 3.16. The normalized spacial score (nSPS) is 23.1. The van der Waals surface area contributed by atoms with Crippen molar-refractivity contribution in [3.63, 3.8) is 0 Å². The van der Waals surface area contributed by atoms with Crippen molar-refractivity contribution in [1.82, 2.24) is 4.98 Å². The van der Waals surface area contributed by atoms with Gasteiger partial charge in [0.15, 0.2) is 5.78 Å². The highest BCUT2D eigenvalue weighted by molar-refractivity contribution is 6.03. The predicted molar refractivity (Wildman–Crippen MR) is 57.8 cm³/mol. The van der Waals surface area contributed by atoms with E-state index in [1.54, 1.807) is 6.20 Å². The van der Waals surface area contributed by atoms with Crippen molar-refractivity contribution < 1.29 is 4.79 Å². The Morgan fingerprint density at radius 2 is 2.00 bits per heavy atom. The van der Waals surface area contributed by atoms with Crippen LogP contribution in [0.25, 0.3) is 0 Å². The smallest absolute Gasteiger partial charge is 0.187 e. The molecule has 0 N–H and O–H groups in total. The molecule has 2 aliphatic carbocycles. The zero-order chi connectivity index (χ0) is 10.3. The maximum absolute atomic E-state index is 12.3. The molecular weight excluding hydrogens is 186 g/mol. The molecule has 1 aromatic rings. The van der Waals surface area contributed by atoms with Crippen molar-refractivity contribution in [2.45, 2.75) is 38.5 Å². The van der Waals surface area contributed by atoms with Gasteiger partial charge in [0.05, 0.1) is 0 Å². The third kappa shape index (κ3) is 1.24. The number of ketones is 1. The molecule has 15 heavy (non-hydrogen) atoms. The Morgan fingerprint density at radius 3 is 2.73 bits per heavy atom. The number of carbonyl (C=O) groups excluding carboxylic acids is 1. The molecule has 2 nitrogen and oxygen atoms in total. The number of fused-ring (bicyclic) bond motifs is 1. The van der Waals surface area contributed by atoms with Crippen LogP contribution < -0.4 is 0 Å². The summed E-state index contributed by atoms with van der Waals surface area (Å²) in [4.78, 5) is 16.6. The van der Waals surface area contributed by atoms with Gasteiger partial charge in [-0.05, 0) is 30.9 Å². The van der Waals surface area contributed by atoms with Crippen LogP contribution in [0.4, 0.5) is 0 Å². The van der Waals surface area contributed by atoms with E-state index >= 15 is 0 Å². The predicted octanol–water partition coefficient (Wildman–Crippen LogP) is 2.77. The molecule has 0 radical (unpaired) electrons. The highest BCUT2D eigenvalue weighted by Gasteiger charge is 2.46. The third-order valence-corrected chi connectivity index (χ3v) is 3.93. The lowest BCUT2D eigenvalue weighted by Crippen LogP contribution is -2.30. The number of Topliss-reactive ketones (excluding diaryl/α,β-unsaturated/α-hetero) is 1. The Kier molecular flexibility index (Phi) is 1.91. The second-order valence-electron chi connectivity index (χ2n) is 4.86. The molecular formula is C13H15NO. The molecule has 0 aromatic carbocycles. The van der Waals surface area contributed by atoms with Crippen molar-refractivity contribution in [3.05, 3.63) is 29.6 Å². The van der Waals surface area contributed by atoms with Gasteiger partial charge in [-0.2, -0.15) is 0 Å². The molecule has 0 bridgehead atoms. The van der Waals surface area contributed by atoms with E-state index in [4.69, 9.17) is 0 Å². The Bertz CT molecular complexity index is 405. The first-order chi connectivity index (χ1) is 7.32. The summed E-state index contributed by atoms with van der Waals surface area (Å²) in [6, 6.07) is 4.00. The van der Waals surface area contributed by atoms with E-state index in [9.17, 15) is 4.79 Å². The number of hydrogen-bond donors (Lipinski definition) is 0. The fraction of sp³-hybridized carbons (Fsp3) is 0.538. The Balaban J connectivity index is 2.01. The first-order valence-electron chi connectivity index (χ1n) is 5.81. The highest BCUT2D eigenvalue weighted by Crippen LogP contribution is 2.46. The van der Waals surface area contributed by atoms with Crippen molar-refractivity contribution in [3.8, 4) is 0 Å². The molecule has 2 heteroatoms. The first-order valence-corrected chi connectivity index (χ1v) is 5.81. The van der Waals surface area contributed by atoms with E-state index in [0.29, 0.717) is 5.78 Å². The lowest BCUT2D eigenvalue weighted by Gasteiger charge is -2.31. The molecule has 3 rings (SSSR count). The summed E-state index contributed by atoms with van der Waals surface area (Å²) < 4.78 is 0. The van der Waals surface area contributed by atoms with E-state index in [1.165, 1.54) is 24.8 Å². The zero-order valence-electron chi connectivity index (χ0n) is 8.83. The van der Waals surface area contributed by atoms with Gasteiger partial charge in [-0.3, -0.25) is 9.78 Å². The van der Waals surface area contributed by atoms with Gasteiger partial charge in [0, 0.05) is 11.6 Å². The summed E-state index contributed by atoms with van der Waals surface area (Å²) in [7, 11) is 0. The van der Waals surface area contributed by atoms with Crippen LogP contribution in [0.1, 0.15) is 48.2 Å². The molecule has 1 saturated carbocycles. The average molecular weight is 201 g/mol. The van der Waals surface area contributed by atoms with Gasteiger partial charge in [0.1, 0.15) is 5.69 Å². The summed E-state index contributed by atoms with van der Waals surface area (Å²) >= 11 is 0. The number of pyridine rings is 1. The molecule has 1 aromatic heterocycles. The van der Waals surface area contributed by atoms with Crippen LogP contribution in [0.15, 0.2) is 18.3 Å². The SMILES string of the molecule is O=C1c2ncccc2CC12CCCCC2. The Labute approximate surface area is 89.7 Å². The largest absolute Gasteiger partial charge is 0.292 e. The molecule has 0 aliphatic heterocycles. The quantitative estimate of drug-likeness (QED) is 0.646. The van der Waals surface area contributed by atoms with Crippen molar-refractivity contribution in [2.24, 2.45) is 5.41 Å². The van der Waals surface area contributed by atoms with Crippen LogP contribution in [0.2, 0.25) is 0 Å². The maximum atomic E-state index is 12.3. The fourth-order valence-electron chi connectivity index (χ4n) is 3.11. The molecule has 78 valence electrons. The average Bonchev–Trinajstić information content (AvgIpc) is 2.54. The van der Waals surface area contributed by atoms with Crippen molar-refractivity contribution in [1.29, 1.82) is 0 Å². The Morgan fingerprint density at radius 1 is 1.20 bits per heavy atom. The van der Waals surface area contributed by atoms with Crippen molar-refractivity contribution in [2.75, 3.05) is 0 Å². The molecule has 2 aliphatic rings. The molecule has 0 amide bonds. The summed E-state index contributed by atoms with van der Waals surface area (Å²) in [5.41, 5.74) is 1.86. The van der Waals surface area contributed by atoms with E-state index in [1.807, 2.05) is 6.07 Å². The van der Waals surface area contributed by atoms with E-state index in [-0.39, 0.29) is 5.41 Å².